The third kappa shape index (κ3) is 3.72. The lowest BCUT2D eigenvalue weighted by atomic mass is 10.0. The number of hydrogen-bond acceptors (Lipinski definition) is 5. The summed E-state index contributed by atoms with van der Waals surface area (Å²) in [4.78, 5) is 19.9. The zero-order chi connectivity index (χ0) is 21.4. The fraction of sp³-hybridized carbons (Fsp3) is 0.435. The van der Waals surface area contributed by atoms with Gasteiger partial charge in [-0.1, -0.05) is 26.0 Å². The highest BCUT2D eigenvalue weighted by Crippen LogP contribution is 2.31. The fourth-order valence-electron chi connectivity index (χ4n) is 3.64. The Hall–Kier alpha value is -3.09. The summed E-state index contributed by atoms with van der Waals surface area (Å²) in [6.45, 7) is 9.10. The molecule has 0 saturated heterocycles. The number of carbonyl (C=O) groups is 1. The van der Waals surface area contributed by atoms with E-state index in [1.54, 1.807) is 18.1 Å². The fourth-order valence-corrected chi connectivity index (χ4v) is 3.64. The summed E-state index contributed by atoms with van der Waals surface area (Å²) in [5.41, 5.74) is 2.25. The molecule has 0 radical (unpaired) electrons. The van der Waals surface area contributed by atoms with Crippen LogP contribution in [0.15, 0.2) is 36.5 Å². The summed E-state index contributed by atoms with van der Waals surface area (Å²) in [5, 5.41) is 5.25. The van der Waals surface area contributed by atoms with Crippen molar-refractivity contribution in [2.45, 2.75) is 45.8 Å². The molecule has 0 fully saturated rings. The first-order valence-corrected chi connectivity index (χ1v) is 10.4. The number of carbonyl (C=O) groups excluding carboxylic acids is 1. The topological polar surface area (TPSA) is 69.5 Å². The van der Waals surface area contributed by atoms with Crippen molar-refractivity contribution in [3.05, 3.63) is 47.8 Å². The second-order valence-corrected chi connectivity index (χ2v) is 8.35. The Kier molecular flexibility index (Phi) is 5.37. The predicted octanol–water partition coefficient (Wildman–Crippen LogP) is 4.05. The molecule has 1 aromatic carbocycles. The van der Waals surface area contributed by atoms with E-state index in [1.807, 2.05) is 35.0 Å². The molecule has 2 aromatic heterocycles. The molecule has 0 spiro atoms. The second kappa shape index (κ2) is 7.97. The van der Waals surface area contributed by atoms with Crippen molar-refractivity contribution in [1.29, 1.82) is 0 Å². The van der Waals surface area contributed by atoms with E-state index in [0.717, 1.165) is 22.5 Å². The Morgan fingerprint density at radius 2 is 1.97 bits per heavy atom. The number of rotatable bonds is 5. The molecule has 1 amide bonds. The van der Waals surface area contributed by atoms with Crippen molar-refractivity contribution in [2.75, 3.05) is 20.2 Å². The van der Waals surface area contributed by atoms with Gasteiger partial charge in [0, 0.05) is 18.8 Å². The van der Waals surface area contributed by atoms with E-state index < -0.39 is 0 Å². The van der Waals surface area contributed by atoms with Gasteiger partial charge in [0.25, 0.3) is 5.91 Å². The molecule has 30 heavy (non-hydrogen) atoms. The number of para-hydroxylation sites is 2. The number of hydrogen-bond donors (Lipinski definition) is 0. The molecule has 158 valence electrons. The van der Waals surface area contributed by atoms with Gasteiger partial charge in [0.05, 0.1) is 23.7 Å². The van der Waals surface area contributed by atoms with E-state index in [4.69, 9.17) is 14.5 Å². The van der Waals surface area contributed by atoms with Crippen LogP contribution in [0.4, 0.5) is 0 Å². The summed E-state index contributed by atoms with van der Waals surface area (Å²) in [5.74, 6) is 1.57. The lowest BCUT2D eigenvalue weighted by molar-refractivity contribution is 0.0522. The third-order valence-electron chi connectivity index (χ3n) is 5.29. The Balaban J connectivity index is 1.61. The minimum absolute atomic E-state index is 0.0740. The maximum atomic E-state index is 13.4. The molecule has 0 N–H and O–H groups in total. The van der Waals surface area contributed by atoms with Crippen LogP contribution in [-0.2, 0) is 0 Å². The third-order valence-corrected chi connectivity index (χ3v) is 5.29. The molecular formula is C23H28N4O3. The number of amides is 1. The summed E-state index contributed by atoms with van der Waals surface area (Å²) in [6, 6.07) is 9.64. The lowest BCUT2D eigenvalue weighted by Crippen LogP contribution is -2.41. The van der Waals surface area contributed by atoms with Crippen LogP contribution in [-0.4, -0.2) is 51.9 Å². The molecule has 1 aliphatic rings. The first-order chi connectivity index (χ1) is 14.3. The molecule has 3 heterocycles. The average Bonchev–Trinajstić information content (AvgIpc) is 3.16. The number of pyridine rings is 1. The molecular weight excluding hydrogens is 380 g/mol. The van der Waals surface area contributed by atoms with Crippen molar-refractivity contribution in [3.63, 3.8) is 0 Å². The van der Waals surface area contributed by atoms with Gasteiger partial charge in [-0.15, -0.1) is 0 Å². The lowest BCUT2D eigenvalue weighted by Gasteiger charge is -2.29. The van der Waals surface area contributed by atoms with Crippen molar-refractivity contribution in [2.24, 2.45) is 0 Å². The molecule has 0 saturated carbocycles. The summed E-state index contributed by atoms with van der Waals surface area (Å²) >= 11 is 0. The van der Waals surface area contributed by atoms with Gasteiger partial charge in [-0.25, -0.2) is 9.67 Å². The first kappa shape index (κ1) is 20.2. The van der Waals surface area contributed by atoms with Crippen LogP contribution in [0.2, 0.25) is 0 Å². The van der Waals surface area contributed by atoms with Crippen LogP contribution in [0.1, 0.15) is 55.7 Å². The Bertz CT molecular complexity index is 1070. The van der Waals surface area contributed by atoms with E-state index in [-0.39, 0.29) is 24.0 Å². The van der Waals surface area contributed by atoms with E-state index >= 15 is 0 Å². The number of likely N-dealkylation sites (N-methyl/N-ethyl adjacent to an activating group) is 1. The standard InChI is InChI=1S/C23H28N4O3/c1-14(2)19-10-17(18-11-24-27(15(3)4)22(18)25-19)23(28)26(5)12-16-13-29-20-8-6-7-9-21(20)30-16/h6-11,14-16H,12-13H2,1-5H3. The van der Waals surface area contributed by atoms with E-state index in [1.165, 1.54) is 0 Å². The van der Waals surface area contributed by atoms with Gasteiger partial charge in [-0.2, -0.15) is 5.10 Å². The van der Waals surface area contributed by atoms with Crippen LogP contribution in [0.5, 0.6) is 11.5 Å². The Labute approximate surface area is 176 Å². The van der Waals surface area contributed by atoms with Crippen molar-refractivity contribution in [1.82, 2.24) is 19.7 Å². The number of ether oxygens (including phenoxy) is 2. The zero-order valence-corrected chi connectivity index (χ0v) is 18.1. The molecule has 1 unspecified atom stereocenters. The normalized spacial score (nSPS) is 15.8. The Morgan fingerprint density at radius 3 is 2.67 bits per heavy atom. The zero-order valence-electron chi connectivity index (χ0n) is 18.1. The number of fused-ring (bicyclic) bond motifs is 2. The second-order valence-electron chi connectivity index (χ2n) is 8.35. The summed E-state index contributed by atoms with van der Waals surface area (Å²) in [6.07, 6.45) is 1.51. The van der Waals surface area contributed by atoms with E-state index in [0.29, 0.717) is 24.5 Å². The van der Waals surface area contributed by atoms with Crippen molar-refractivity contribution >= 4 is 16.9 Å². The van der Waals surface area contributed by atoms with Gasteiger partial charge in [0.2, 0.25) is 0 Å². The molecule has 0 aliphatic carbocycles. The van der Waals surface area contributed by atoms with Crippen molar-refractivity contribution < 1.29 is 14.3 Å². The number of nitrogens with zero attached hydrogens (tertiary/aromatic N) is 4. The van der Waals surface area contributed by atoms with Gasteiger partial charge < -0.3 is 14.4 Å². The smallest absolute Gasteiger partial charge is 0.254 e. The van der Waals surface area contributed by atoms with Crippen LogP contribution in [0, 0.1) is 0 Å². The highest BCUT2D eigenvalue weighted by atomic mass is 16.6. The minimum Gasteiger partial charge on any atom is -0.486 e. The minimum atomic E-state index is -0.228. The van der Waals surface area contributed by atoms with Gasteiger partial charge in [-0.05, 0) is 38.0 Å². The molecule has 1 aliphatic heterocycles. The SMILES string of the molecule is CC(C)c1cc(C(=O)N(C)CC2COc3ccccc3O2)c2cnn(C(C)C)c2n1. The largest absolute Gasteiger partial charge is 0.486 e. The monoisotopic (exact) mass is 408 g/mol. The van der Waals surface area contributed by atoms with E-state index in [2.05, 4.69) is 32.8 Å². The van der Waals surface area contributed by atoms with Gasteiger partial charge in [0.1, 0.15) is 6.61 Å². The molecule has 1 atom stereocenters. The van der Waals surface area contributed by atoms with Gasteiger partial charge in [0.15, 0.2) is 23.3 Å². The molecule has 7 heteroatoms. The summed E-state index contributed by atoms with van der Waals surface area (Å²) < 4.78 is 13.7. The van der Waals surface area contributed by atoms with Crippen LogP contribution in [0.25, 0.3) is 11.0 Å². The van der Waals surface area contributed by atoms with Crippen molar-refractivity contribution in [3.8, 4) is 11.5 Å². The molecule has 3 aromatic rings. The molecule has 7 nitrogen and oxygen atoms in total. The van der Waals surface area contributed by atoms with Gasteiger partial charge >= 0.3 is 0 Å². The number of benzene rings is 1. The predicted molar refractivity (Wildman–Crippen MR) is 115 cm³/mol. The number of aromatic nitrogens is 3. The van der Waals surface area contributed by atoms with Crippen LogP contribution < -0.4 is 9.47 Å². The maximum Gasteiger partial charge on any atom is 0.254 e. The summed E-state index contributed by atoms with van der Waals surface area (Å²) in [7, 11) is 1.79. The highest BCUT2D eigenvalue weighted by molar-refractivity contribution is 6.05. The molecule has 0 bridgehead atoms. The van der Waals surface area contributed by atoms with Gasteiger partial charge in [-0.3, -0.25) is 4.79 Å². The first-order valence-electron chi connectivity index (χ1n) is 10.4. The Morgan fingerprint density at radius 1 is 1.23 bits per heavy atom. The maximum absolute atomic E-state index is 13.4. The molecule has 4 rings (SSSR count). The van der Waals surface area contributed by atoms with Crippen LogP contribution >= 0.6 is 0 Å². The van der Waals surface area contributed by atoms with E-state index in [9.17, 15) is 4.79 Å². The average molecular weight is 409 g/mol. The quantitative estimate of drug-likeness (QED) is 0.637. The van der Waals surface area contributed by atoms with Crippen LogP contribution in [0.3, 0.4) is 0 Å². The highest BCUT2D eigenvalue weighted by Gasteiger charge is 2.26.